The van der Waals surface area contributed by atoms with E-state index in [4.69, 9.17) is 22.0 Å². The van der Waals surface area contributed by atoms with Crippen LogP contribution in [0.15, 0.2) is 24.3 Å². The third-order valence-corrected chi connectivity index (χ3v) is 3.29. The van der Waals surface area contributed by atoms with Crippen LogP contribution in [0.5, 0.6) is 0 Å². The number of nitrogens with zero attached hydrogens (tertiary/aromatic N) is 1. The fourth-order valence-electron chi connectivity index (χ4n) is 1.11. The van der Waals surface area contributed by atoms with Crippen molar-refractivity contribution in [1.82, 2.24) is 0 Å². The van der Waals surface area contributed by atoms with Gasteiger partial charge in [-0.15, -0.1) is 11.8 Å². The fourth-order valence-corrected chi connectivity index (χ4v) is 2.19. The van der Waals surface area contributed by atoms with Crippen LogP contribution in [0.25, 0.3) is 0 Å². The maximum atomic E-state index is 10.3. The van der Waals surface area contributed by atoms with Crippen LogP contribution in [0.2, 0.25) is 5.02 Å². The Bertz CT molecular complexity index is 399. The van der Waals surface area contributed by atoms with Gasteiger partial charge in [-0.1, -0.05) is 23.7 Å². The molecule has 1 unspecified atom stereocenters. The van der Waals surface area contributed by atoms with Gasteiger partial charge in [0.2, 0.25) is 0 Å². The molecule has 1 aromatic carbocycles. The Morgan fingerprint density at radius 3 is 2.62 bits per heavy atom. The van der Waals surface area contributed by atoms with Crippen molar-refractivity contribution < 1.29 is 9.90 Å². The molecule has 1 N–H and O–H groups in total. The molecule has 0 heterocycles. The van der Waals surface area contributed by atoms with Crippen LogP contribution in [0, 0.1) is 11.3 Å². The second-order valence-corrected chi connectivity index (χ2v) is 4.72. The van der Waals surface area contributed by atoms with Crippen molar-refractivity contribution in [2.45, 2.75) is 11.7 Å². The van der Waals surface area contributed by atoms with Gasteiger partial charge in [-0.05, 0) is 17.7 Å². The molecule has 5 heteroatoms. The van der Waals surface area contributed by atoms with Gasteiger partial charge in [0.1, 0.15) is 5.25 Å². The Kier molecular flexibility index (Phi) is 5.17. The highest BCUT2D eigenvalue weighted by atomic mass is 35.5. The summed E-state index contributed by atoms with van der Waals surface area (Å²) in [4.78, 5) is 10.3. The highest BCUT2D eigenvalue weighted by molar-refractivity contribution is 7.99. The molecule has 0 aliphatic carbocycles. The van der Waals surface area contributed by atoms with Crippen LogP contribution in [0.4, 0.5) is 0 Å². The number of hydrogen-bond donors (Lipinski definition) is 1. The summed E-state index contributed by atoms with van der Waals surface area (Å²) < 4.78 is 0. The Morgan fingerprint density at radius 2 is 2.12 bits per heavy atom. The quantitative estimate of drug-likeness (QED) is 0.878. The zero-order chi connectivity index (χ0) is 12.0. The largest absolute Gasteiger partial charge is 0.481 e. The lowest BCUT2D eigenvalue weighted by Crippen LogP contribution is -1.98. The second kappa shape index (κ2) is 6.41. The van der Waals surface area contributed by atoms with Crippen molar-refractivity contribution in [3.05, 3.63) is 34.9 Å². The molecule has 0 aliphatic heterocycles. The van der Waals surface area contributed by atoms with Gasteiger partial charge in [0.05, 0.1) is 12.5 Å². The summed E-state index contributed by atoms with van der Waals surface area (Å²) in [6.07, 6.45) is 0.0659. The molecule has 0 amide bonds. The van der Waals surface area contributed by atoms with Gasteiger partial charge < -0.3 is 5.11 Å². The summed E-state index contributed by atoms with van der Waals surface area (Å²) in [5.41, 5.74) is 0.849. The smallest absolute Gasteiger partial charge is 0.304 e. The van der Waals surface area contributed by atoms with Crippen molar-refractivity contribution in [3.63, 3.8) is 0 Å². The van der Waals surface area contributed by atoms with Crippen molar-refractivity contribution in [3.8, 4) is 6.07 Å². The third kappa shape index (κ3) is 4.13. The van der Waals surface area contributed by atoms with E-state index in [1.807, 2.05) is 0 Å². The van der Waals surface area contributed by atoms with Crippen molar-refractivity contribution >= 4 is 29.3 Å². The van der Waals surface area contributed by atoms with Gasteiger partial charge in [0.15, 0.2) is 0 Å². The lowest BCUT2D eigenvalue weighted by molar-refractivity contribution is -0.136. The molecule has 0 radical (unpaired) electrons. The van der Waals surface area contributed by atoms with E-state index in [9.17, 15) is 4.79 Å². The predicted octanol–water partition coefficient (Wildman–Crippen LogP) is 3.11. The van der Waals surface area contributed by atoms with Crippen molar-refractivity contribution in [1.29, 1.82) is 5.26 Å². The average molecular weight is 256 g/mol. The molecule has 3 nitrogen and oxygen atoms in total. The number of carbonyl (C=O) groups is 1. The molecular weight excluding hydrogens is 246 g/mol. The van der Waals surface area contributed by atoms with Crippen LogP contribution in [0.3, 0.4) is 0 Å². The molecule has 0 fully saturated rings. The topological polar surface area (TPSA) is 61.1 Å². The maximum Gasteiger partial charge on any atom is 0.304 e. The summed E-state index contributed by atoms with van der Waals surface area (Å²) in [6.45, 7) is 0. The standard InChI is InChI=1S/C11H10ClNO2S/c12-9-3-1-8(2-4-9)10(7-13)16-6-5-11(14)15/h1-4,10H,5-6H2,(H,14,15). The summed E-state index contributed by atoms with van der Waals surface area (Å²) in [6, 6.07) is 9.14. The Hall–Kier alpha value is -1.18. The van der Waals surface area contributed by atoms with Crippen LogP contribution >= 0.6 is 23.4 Å². The number of rotatable bonds is 5. The normalized spacial score (nSPS) is 11.8. The van der Waals surface area contributed by atoms with E-state index in [1.165, 1.54) is 11.8 Å². The van der Waals surface area contributed by atoms with Crippen molar-refractivity contribution in [2.24, 2.45) is 0 Å². The third-order valence-electron chi connectivity index (χ3n) is 1.89. The fraction of sp³-hybridized carbons (Fsp3) is 0.273. The first-order valence-corrected chi connectivity index (χ1v) is 6.04. The van der Waals surface area contributed by atoms with E-state index in [0.29, 0.717) is 10.8 Å². The molecule has 0 bridgehead atoms. The average Bonchev–Trinajstić information content (AvgIpc) is 2.26. The number of aliphatic carboxylic acids is 1. The van der Waals surface area contributed by atoms with Gasteiger partial charge in [-0.2, -0.15) is 5.26 Å². The van der Waals surface area contributed by atoms with Gasteiger partial charge in [0, 0.05) is 10.8 Å². The van der Waals surface area contributed by atoms with E-state index in [0.717, 1.165) is 5.56 Å². The van der Waals surface area contributed by atoms with Gasteiger partial charge in [0.25, 0.3) is 0 Å². The van der Waals surface area contributed by atoms with Gasteiger partial charge in [-0.3, -0.25) is 4.79 Å². The summed E-state index contributed by atoms with van der Waals surface area (Å²) in [5.74, 6) is -0.420. The number of halogens is 1. The first kappa shape index (κ1) is 12.9. The Labute approximate surface area is 103 Å². The number of thioether (sulfide) groups is 1. The van der Waals surface area contributed by atoms with E-state index in [2.05, 4.69) is 6.07 Å². The van der Waals surface area contributed by atoms with Crippen LogP contribution in [-0.2, 0) is 4.79 Å². The zero-order valence-corrected chi connectivity index (χ0v) is 9.96. The summed E-state index contributed by atoms with van der Waals surface area (Å²) >= 11 is 7.06. The minimum atomic E-state index is -0.847. The Morgan fingerprint density at radius 1 is 1.50 bits per heavy atom. The van der Waals surface area contributed by atoms with Crippen LogP contribution in [-0.4, -0.2) is 16.8 Å². The Balaban J connectivity index is 2.58. The van der Waals surface area contributed by atoms with E-state index < -0.39 is 5.97 Å². The number of carboxylic acids is 1. The van der Waals surface area contributed by atoms with Crippen molar-refractivity contribution in [2.75, 3.05) is 5.75 Å². The molecule has 84 valence electrons. The number of benzene rings is 1. The summed E-state index contributed by atoms with van der Waals surface area (Å²) in [5, 5.41) is 17.7. The van der Waals surface area contributed by atoms with Gasteiger partial charge >= 0.3 is 5.97 Å². The van der Waals surface area contributed by atoms with Gasteiger partial charge in [-0.25, -0.2) is 0 Å². The minimum absolute atomic E-state index is 0.0659. The predicted molar refractivity (Wildman–Crippen MR) is 64.5 cm³/mol. The molecule has 0 aliphatic rings. The molecule has 0 saturated heterocycles. The molecule has 16 heavy (non-hydrogen) atoms. The SMILES string of the molecule is N#CC(SCCC(=O)O)c1ccc(Cl)cc1. The highest BCUT2D eigenvalue weighted by Gasteiger charge is 2.11. The molecule has 0 saturated carbocycles. The van der Waals surface area contributed by atoms with E-state index in [-0.39, 0.29) is 11.7 Å². The first-order valence-electron chi connectivity index (χ1n) is 4.62. The maximum absolute atomic E-state index is 10.3. The molecule has 1 aromatic rings. The molecule has 0 aromatic heterocycles. The minimum Gasteiger partial charge on any atom is -0.481 e. The lowest BCUT2D eigenvalue weighted by Gasteiger charge is -2.08. The monoisotopic (exact) mass is 255 g/mol. The zero-order valence-electron chi connectivity index (χ0n) is 8.39. The molecule has 1 rings (SSSR count). The van der Waals surface area contributed by atoms with E-state index in [1.54, 1.807) is 24.3 Å². The van der Waals surface area contributed by atoms with Crippen LogP contribution in [0.1, 0.15) is 17.2 Å². The van der Waals surface area contributed by atoms with E-state index >= 15 is 0 Å². The molecular formula is C11H10ClNO2S. The summed E-state index contributed by atoms with van der Waals surface area (Å²) in [7, 11) is 0. The van der Waals surface area contributed by atoms with Crippen LogP contribution < -0.4 is 0 Å². The first-order chi connectivity index (χ1) is 7.63. The number of nitriles is 1. The second-order valence-electron chi connectivity index (χ2n) is 3.08. The highest BCUT2D eigenvalue weighted by Crippen LogP contribution is 2.29. The number of hydrogen-bond acceptors (Lipinski definition) is 3. The lowest BCUT2D eigenvalue weighted by atomic mass is 10.2. The molecule has 0 spiro atoms. The molecule has 1 atom stereocenters. The number of carboxylic acid groups (broad SMARTS) is 1.